The topological polar surface area (TPSA) is 114 Å². The van der Waals surface area contributed by atoms with Crippen LogP contribution in [0.5, 0.6) is 0 Å². The highest BCUT2D eigenvalue weighted by atomic mass is 16.4. The van der Waals surface area contributed by atoms with Gasteiger partial charge in [0.15, 0.2) is 0 Å². The lowest BCUT2D eigenvalue weighted by atomic mass is 9.86. The molecule has 16 heavy (non-hydrogen) atoms. The highest BCUT2D eigenvalue weighted by molar-refractivity contribution is 5.85. The third-order valence-electron chi connectivity index (χ3n) is 2.51. The number of rotatable bonds is 8. The predicted molar refractivity (Wildman–Crippen MR) is 63.1 cm³/mol. The minimum absolute atomic E-state index is 0.212. The summed E-state index contributed by atoms with van der Waals surface area (Å²) in [5, 5.41) is 14.5. The van der Waals surface area contributed by atoms with E-state index >= 15 is 0 Å². The summed E-state index contributed by atoms with van der Waals surface area (Å²) in [6.07, 6.45) is 2.70. The van der Waals surface area contributed by atoms with Gasteiger partial charge in [0, 0.05) is 5.41 Å². The van der Waals surface area contributed by atoms with E-state index in [1.807, 2.05) is 13.8 Å². The number of hydrogen-bond acceptors (Lipinski definition) is 4. The molecule has 94 valence electrons. The number of nitrogens with one attached hydrogen (secondary N) is 1. The van der Waals surface area contributed by atoms with Crippen molar-refractivity contribution < 1.29 is 10.0 Å². The van der Waals surface area contributed by atoms with Crippen LogP contribution in [0.4, 0.5) is 0 Å². The zero-order valence-corrected chi connectivity index (χ0v) is 9.99. The quantitative estimate of drug-likeness (QED) is 0.154. The minimum atomic E-state index is -0.350. The molecule has 0 heterocycles. The Kier molecular flexibility index (Phi) is 6.48. The van der Waals surface area contributed by atoms with Crippen LogP contribution in [-0.4, -0.2) is 30.0 Å². The zero-order valence-electron chi connectivity index (χ0n) is 9.99. The summed E-state index contributed by atoms with van der Waals surface area (Å²) in [4.78, 5) is 10.4. The number of carbonyl (C=O) groups excluding carboxylic acids is 1. The van der Waals surface area contributed by atoms with E-state index in [2.05, 4.69) is 10.5 Å². The molecule has 0 aromatic rings. The zero-order chi connectivity index (χ0) is 12.6. The van der Waals surface area contributed by atoms with E-state index in [1.54, 1.807) is 0 Å². The second kappa shape index (κ2) is 7.05. The molecule has 0 aliphatic rings. The number of amidine groups is 1. The van der Waals surface area contributed by atoms with E-state index in [0.29, 0.717) is 0 Å². The van der Waals surface area contributed by atoms with E-state index in [9.17, 15) is 4.79 Å². The van der Waals surface area contributed by atoms with Gasteiger partial charge in [-0.15, -0.1) is 0 Å². The molecule has 0 aromatic heterocycles. The molecule has 0 aliphatic carbocycles. The molecule has 0 saturated carbocycles. The lowest BCUT2D eigenvalue weighted by Gasteiger charge is -2.22. The third-order valence-corrected chi connectivity index (χ3v) is 2.51. The first-order valence-electron chi connectivity index (χ1n) is 5.37. The minimum Gasteiger partial charge on any atom is -0.409 e. The van der Waals surface area contributed by atoms with Crippen molar-refractivity contribution in [2.45, 2.75) is 33.1 Å². The van der Waals surface area contributed by atoms with Crippen LogP contribution in [0.2, 0.25) is 0 Å². The molecular formula is C10H22N4O2. The Hall–Kier alpha value is -1.30. The lowest BCUT2D eigenvalue weighted by Crippen LogP contribution is -2.32. The third kappa shape index (κ3) is 6.23. The number of primary amides is 1. The molecule has 6 heteroatoms. The molecule has 0 aromatic carbocycles. The first-order valence-corrected chi connectivity index (χ1v) is 5.37. The van der Waals surface area contributed by atoms with Crippen LogP contribution in [0.15, 0.2) is 5.16 Å². The predicted octanol–water partition coefficient (Wildman–Crippen LogP) is 0.00420. The fraction of sp³-hybridized carbons (Fsp3) is 0.800. The molecule has 0 unspecified atom stereocenters. The standard InChI is InChI=1S/C10H22N4O2/c1-10(2,9(12)14-16)5-3-4-6-13-7-8(11)15/h13,16H,3-7H2,1-2H3,(H2,11,15)(H2,12,14). The summed E-state index contributed by atoms with van der Waals surface area (Å²) in [6.45, 7) is 4.82. The summed E-state index contributed by atoms with van der Waals surface area (Å²) in [7, 11) is 0. The second-order valence-corrected chi connectivity index (χ2v) is 4.47. The van der Waals surface area contributed by atoms with Crippen molar-refractivity contribution in [3.05, 3.63) is 0 Å². The van der Waals surface area contributed by atoms with Crippen LogP contribution in [0.1, 0.15) is 33.1 Å². The number of nitrogens with two attached hydrogens (primary N) is 2. The van der Waals surface area contributed by atoms with Crippen LogP contribution >= 0.6 is 0 Å². The number of oxime groups is 1. The highest BCUT2D eigenvalue weighted by Gasteiger charge is 2.22. The number of carbonyl (C=O) groups is 1. The monoisotopic (exact) mass is 230 g/mol. The van der Waals surface area contributed by atoms with Crippen molar-refractivity contribution in [1.82, 2.24) is 5.32 Å². The van der Waals surface area contributed by atoms with Crippen LogP contribution in [0, 0.1) is 5.41 Å². The molecule has 0 radical (unpaired) electrons. The van der Waals surface area contributed by atoms with Crippen LogP contribution in [0.3, 0.4) is 0 Å². The number of amides is 1. The van der Waals surface area contributed by atoms with E-state index in [0.717, 1.165) is 25.8 Å². The Labute approximate surface area is 96.1 Å². The molecule has 1 amide bonds. The molecule has 0 aliphatic heterocycles. The van der Waals surface area contributed by atoms with E-state index in [-0.39, 0.29) is 23.7 Å². The van der Waals surface area contributed by atoms with Crippen molar-refractivity contribution in [1.29, 1.82) is 0 Å². The van der Waals surface area contributed by atoms with Gasteiger partial charge in [0.1, 0.15) is 5.84 Å². The molecule has 0 atom stereocenters. The summed E-state index contributed by atoms with van der Waals surface area (Å²) in [5.74, 6) is -0.102. The Morgan fingerprint density at radius 3 is 2.50 bits per heavy atom. The van der Waals surface area contributed by atoms with Crippen molar-refractivity contribution >= 4 is 11.7 Å². The van der Waals surface area contributed by atoms with Gasteiger partial charge in [0.05, 0.1) is 6.54 Å². The lowest BCUT2D eigenvalue weighted by molar-refractivity contribution is -0.117. The maximum Gasteiger partial charge on any atom is 0.231 e. The average Bonchev–Trinajstić information content (AvgIpc) is 2.21. The van der Waals surface area contributed by atoms with Crippen LogP contribution in [-0.2, 0) is 4.79 Å². The normalized spacial score (nSPS) is 12.8. The average molecular weight is 230 g/mol. The molecule has 0 saturated heterocycles. The van der Waals surface area contributed by atoms with Gasteiger partial charge in [-0.05, 0) is 19.4 Å². The van der Waals surface area contributed by atoms with Gasteiger partial charge in [-0.2, -0.15) is 0 Å². The van der Waals surface area contributed by atoms with Gasteiger partial charge in [-0.25, -0.2) is 0 Å². The molecule has 0 rings (SSSR count). The van der Waals surface area contributed by atoms with E-state index < -0.39 is 0 Å². The summed E-state index contributed by atoms with van der Waals surface area (Å²) >= 11 is 0. The number of unbranched alkanes of at least 4 members (excludes halogenated alkanes) is 1. The van der Waals surface area contributed by atoms with Gasteiger partial charge >= 0.3 is 0 Å². The van der Waals surface area contributed by atoms with Crippen molar-refractivity contribution in [3.8, 4) is 0 Å². The largest absolute Gasteiger partial charge is 0.409 e. The van der Waals surface area contributed by atoms with Crippen molar-refractivity contribution in [2.24, 2.45) is 22.0 Å². The van der Waals surface area contributed by atoms with E-state index in [4.69, 9.17) is 16.7 Å². The summed E-state index contributed by atoms with van der Waals surface area (Å²) in [5.41, 5.74) is 10.2. The fourth-order valence-corrected chi connectivity index (χ4v) is 1.29. The number of hydrogen-bond donors (Lipinski definition) is 4. The smallest absolute Gasteiger partial charge is 0.231 e. The maximum atomic E-state index is 10.4. The first-order chi connectivity index (χ1) is 7.40. The summed E-state index contributed by atoms with van der Waals surface area (Å²) < 4.78 is 0. The van der Waals surface area contributed by atoms with Gasteiger partial charge in [-0.1, -0.05) is 25.4 Å². The number of nitrogens with zero attached hydrogens (tertiary/aromatic N) is 1. The Balaban J connectivity index is 3.62. The van der Waals surface area contributed by atoms with Crippen LogP contribution in [0.25, 0.3) is 0 Å². The molecule has 0 bridgehead atoms. The van der Waals surface area contributed by atoms with Gasteiger partial charge in [0.2, 0.25) is 5.91 Å². The fourth-order valence-electron chi connectivity index (χ4n) is 1.29. The van der Waals surface area contributed by atoms with E-state index in [1.165, 1.54) is 0 Å². The van der Waals surface area contributed by atoms with Crippen molar-refractivity contribution in [3.63, 3.8) is 0 Å². The molecule has 6 N–H and O–H groups in total. The van der Waals surface area contributed by atoms with Gasteiger partial charge in [0.25, 0.3) is 0 Å². The maximum absolute atomic E-state index is 10.4. The molecule has 0 spiro atoms. The van der Waals surface area contributed by atoms with Gasteiger partial charge in [-0.3, -0.25) is 4.79 Å². The Bertz CT molecular complexity index is 251. The second-order valence-electron chi connectivity index (χ2n) is 4.47. The molecular weight excluding hydrogens is 208 g/mol. The molecule has 0 fully saturated rings. The Morgan fingerprint density at radius 1 is 1.38 bits per heavy atom. The highest BCUT2D eigenvalue weighted by Crippen LogP contribution is 2.22. The van der Waals surface area contributed by atoms with Crippen LogP contribution < -0.4 is 16.8 Å². The summed E-state index contributed by atoms with van der Waals surface area (Å²) in [6, 6.07) is 0. The Morgan fingerprint density at radius 2 is 2.00 bits per heavy atom. The first kappa shape index (κ1) is 14.7. The molecule has 6 nitrogen and oxygen atoms in total. The van der Waals surface area contributed by atoms with Gasteiger partial charge < -0.3 is 22.0 Å². The van der Waals surface area contributed by atoms with Crippen molar-refractivity contribution in [2.75, 3.05) is 13.1 Å². The SMILES string of the molecule is CC(C)(CCCCNCC(N)=O)C(N)=NO.